The molecule has 3 amide bonds. The fourth-order valence-electron chi connectivity index (χ4n) is 3.36. The second-order valence-electron chi connectivity index (χ2n) is 5.86. The fraction of sp³-hybridized carbons (Fsp3) is 0.235. The van der Waals surface area contributed by atoms with E-state index in [0.29, 0.717) is 5.57 Å². The Morgan fingerprint density at radius 3 is 2.32 bits per heavy atom. The highest BCUT2D eigenvalue weighted by Gasteiger charge is 2.66. The van der Waals surface area contributed by atoms with Crippen molar-refractivity contribution in [3.8, 4) is 0 Å². The number of ether oxygens (including phenoxy) is 1. The number of imide groups is 1. The zero-order valence-corrected chi connectivity index (χ0v) is 14.0. The monoisotopic (exact) mass is 357 g/mol. The van der Waals surface area contributed by atoms with Crippen LogP contribution in [0.15, 0.2) is 36.4 Å². The van der Waals surface area contributed by atoms with E-state index in [1.54, 1.807) is 29.6 Å². The van der Waals surface area contributed by atoms with E-state index in [1.165, 1.54) is 23.4 Å². The van der Waals surface area contributed by atoms with Crippen LogP contribution in [0.4, 0.5) is 0 Å². The molecule has 0 N–H and O–H groups in total. The number of carbonyl (C=O) groups excluding carboxylic acids is 4. The summed E-state index contributed by atoms with van der Waals surface area (Å²) in [4.78, 5) is 52.2. The minimum atomic E-state index is -0.936. The van der Waals surface area contributed by atoms with E-state index in [4.69, 9.17) is 4.74 Å². The molecule has 0 aliphatic carbocycles. The number of benzene rings is 1. The van der Waals surface area contributed by atoms with Crippen molar-refractivity contribution in [2.75, 3.05) is 7.11 Å². The molecule has 3 atom stereocenters. The van der Waals surface area contributed by atoms with Gasteiger partial charge in [0.05, 0.1) is 18.2 Å². The van der Waals surface area contributed by atoms with E-state index >= 15 is 0 Å². The topological polar surface area (TPSA) is 84.0 Å². The number of carbonyl (C=O) groups is 4. The Hall–Kier alpha value is -2.87. The van der Waals surface area contributed by atoms with E-state index in [1.807, 2.05) is 0 Å². The second-order valence-corrected chi connectivity index (χ2v) is 6.85. The molecule has 3 aliphatic rings. The average molecular weight is 357 g/mol. The molecule has 25 heavy (non-hydrogen) atoms. The normalized spacial score (nSPS) is 27.2. The third-order valence-electron chi connectivity index (χ3n) is 4.57. The molecular formula is C17H13N2O5S+. The van der Waals surface area contributed by atoms with Crippen LogP contribution < -0.4 is 0 Å². The van der Waals surface area contributed by atoms with Crippen molar-refractivity contribution >= 4 is 40.4 Å². The van der Waals surface area contributed by atoms with Crippen LogP contribution >= 0.6 is 0 Å². The molecule has 1 aromatic rings. The summed E-state index contributed by atoms with van der Waals surface area (Å²) < 4.78 is 4.74. The summed E-state index contributed by atoms with van der Waals surface area (Å²) in [6.07, 6.45) is 0. The molecule has 3 heterocycles. The standard InChI is InChI=1S/C17H13N2O5S/c1-8-7-25-16-12(15(22)19(16)11(8)17(23)24-2)18-13(20)9-5-3-4-6-10(9)14(18)21/h3-7,11-12,16H,1H2,2H3/q+1/t11-,12-,16-/m1/s1. The van der Waals surface area contributed by atoms with E-state index < -0.39 is 41.1 Å². The number of fused-ring (bicyclic) bond motifs is 2. The predicted octanol–water partition coefficient (Wildman–Crippen LogP) is -0.184. The summed E-state index contributed by atoms with van der Waals surface area (Å²) in [5.41, 5.74) is 1.03. The number of hydrogen-bond donors (Lipinski definition) is 0. The molecule has 0 bridgehead atoms. The van der Waals surface area contributed by atoms with Gasteiger partial charge in [-0.2, -0.15) is 0 Å². The Kier molecular flexibility index (Phi) is 3.33. The quantitative estimate of drug-likeness (QED) is 0.183. The van der Waals surface area contributed by atoms with E-state index in [9.17, 15) is 19.2 Å². The Morgan fingerprint density at radius 1 is 1.16 bits per heavy atom. The van der Waals surface area contributed by atoms with E-state index in [0.717, 1.165) is 4.90 Å². The second kappa shape index (κ2) is 5.32. The van der Waals surface area contributed by atoms with Gasteiger partial charge in [-0.15, -0.1) is 0 Å². The summed E-state index contributed by atoms with van der Waals surface area (Å²) in [6, 6.07) is 4.61. The number of esters is 1. The van der Waals surface area contributed by atoms with Crippen molar-refractivity contribution in [1.82, 2.24) is 9.80 Å². The molecule has 0 saturated carbocycles. The van der Waals surface area contributed by atoms with Crippen LogP contribution in [0.3, 0.4) is 0 Å². The van der Waals surface area contributed by atoms with Crippen LogP contribution in [-0.2, 0) is 25.7 Å². The van der Waals surface area contributed by atoms with E-state index in [-0.39, 0.29) is 11.1 Å². The molecule has 0 unspecified atom stereocenters. The molecule has 0 spiro atoms. The average Bonchev–Trinajstić information content (AvgIpc) is 2.87. The minimum Gasteiger partial charge on any atom is -0.467 e. The SMILES string of the molecule is C=C1C=[S+][C@@H]2[C@H](N3C(=O)c4ccccc4C3=O)C(=O)N2[C@H]1C(=O)OC. The Labute approximate surface area is 146 Å². The Bertz CT molecular complexity index is 858. The lowest BCUT2D eigenvalue weighted by Gasteiger charge is -2.45. The van der Waals surface area contributed by atoms with Gasteiger partial charge in [0.15, 0.2) is 17.5 Å². The van der Waals surface area contributed by atoms with Gasteiger partial charge in [0.1, 0.15) is 0 Å². The largest absolute Gasteiger partial charge is 0.467 e. The fourth-order valence-corrected chi connectivity index (χ4v) is 4.55. The maximum atomic E-state index is 12.7. The van der Waals surface area contributed by atoms with Gasteiger partial charge in [0, 0.05) is 5.57 Å². The third-order valence-corrected chi connectivity index (χ3v) is 5.77. The lowest BCUT2D eigenvalue weighted by atomic mass is 9.97. The first kappa shape index (κ1) is 15.6. The molecule has 0 radical (unpaired) electrons. The molecule has 126 valence electrons. The lowest BCUT2D eigenvalue weighted by molar-refractivity contribution is -0.162. The number of β-lactam (4-membered cyclic amide) rings is 1. The summed E-state index contributed by atoms with van der Waals surface area (Å²) in [6.45, 7) is 3.78. The summed E-state index contributed by atoms with van der Waals surface area (Å²) in [5, 5.41) is 1.14. The van der Waals surface area contributed by atoms with Gasteiger partial charge >= 0.3 is 5.97 Å². The molecule has 4 rings (SSSR count). The van der Waals surface area contributed by atoms with Gasteiger partial charge < -0.3 is 4.74 Å². The molecule has 1 fully saturated rings. The Morgan fingerprint density at radius 2 is 1.76 bits per heavy atom. The molecule has 1 saturated heterocycles. The first-order chi connectivity index (χ1) is 12.0. The van der Waals surface area contributed by atoms with Crippen molar-refractivity contribution in [3.05, 3.63) is 47.5 Å². The van der Waals surface area contributed by atoms with Crippen LogP contribution in [0.5, 0.6) is 0 Å². The maximum Gasteiger partial charge on any atom is 0.333 e. The molecular weight excluding hydrogens is 344 g/mol. The van der Waals surface area contributed by atoms with Gasteiger partial charge in [-0.05, 0) is 12.1 Å². The van der Waals surface area contributed by atoms with E-state index in [2.05, 4.69) is 6.58 Å². The van der Waals surface area contributed by atoms with Gasteiger partial charge in [-0.25, -0.2) is 4.79 Å². The third kappa shape index (κ3) is 1.94. The zero-order valence-electron chi connectivity index (χ0n) is 13.2. The van der Waals surface area contributed by atoms with Crippen LogP contribution in [0.1, 0.15) is 20.7 Å². The van der Waals surface area contributed by atoms with Gasteiger partial charge in [-0.3, -0.25) is 24.2 Å². The van der Waals surface area contributed by atoms with Crippen LogP contribution in [0.2, 0.25) is 0 Å². The van der Waals surface area contributed by atoms with Crippen molar-refractivity contribution < 1.29 is 23.9 Å². The number of methoxy groups -OCH3 is 1. The van der Waals surface area contributed by atoms with Gasteiger partial charge in [0.2, 0.25) is 11.4 Å². The smallest absolute Gasteiger partial charge is 0.333 e. The van der Waals surface area contributed by atoms with Gasteiger partial charge in [0.25, 0.3) is 23.1 Å². The number of amides is 3. The summed E-state index contributed by atoms with van der Waals surface area (Å²) in [5.74, 6) is -2.03. The lowest BCUT2D eigenvalue weighted by Crippen LogP contribution is -2.76. The van der Waals surface area contributed by atoms with Crippen LogP contribution in [0, 0.1) is 0 Å². The minimum absolute atomic E-state index is 0.289. The molecule has 7 nitrogen and oxygen atoms in total. The predicted molar refractivity (Wildman–Crippen MR) is 89.7 cm³/mol. The molecule has 1 aromatic carbocycles. The first-order valence-electron chi connectivity index (χ1n) is 7.51. The maximum absolute atomic E-state index is 12.7. The summed E-state index contributed by atoms with van der Waals surface area (Å²) >= 11 is 1.26. The summed E-state index contributed by atoms with van der Waals surface area (Å²) in [7, 11) is 1.23. The van der Waals surface area contributed by atoms with Crippen molar-refractivity contribution in [3.63, 3.8) is 0 Å². The first-order valence-corrected chi connectivity index (χ1v) is 8.46. The van der Waals surface area contributed by atoms with Crippen LogP contribution in [0.25, 0.3) is 0 Å². The Balaban J connectivity index is 1.69. The highest BCUT2D eigenvalue weighted by atomic mass is 32.1. The zero-order chi connectivity index (χ0) is 17.9. The molecule has 8 heteroatoms. The number of nitrogens with zero attached hydrogens (tertiary/aromatic N) is 2. The molecule has 0 aromatic heterocycles. The van der Waals surface area contributed by atoms with Crippen molar-refractivity contribution in [1.29, 1.82) is 0 Å². The number of rotatable bonds is 2. The highest BCUT2D eigenvalue weighted by molar-refractivity contribution is 7.78. The van der Waals surface area contributed by atoms with Crippen molar-refractivity contribution in [2.24, 2.45) is 0 Å². The van der Waals surface area contributed by atoms with Crippen LogP contribution in [-0.4, -0.2) is 63.4 Å². The molecule has 3 aliphatic heterocycles. The van der Waals surface area contributed by atoms with Gasteiger partial charge in [-0.1, -0.05) is 18.7 Å². The highest BCUT2D eigenvalue weighted by Crippen LogP contribution is 2.36. The van der Waals surface area contributed by atoms with Crippen molar-refractivity contribution in [2.45, 2.75) is 17.5 Å². The number of hydrogen-bond acceptors (Lipinski definition) is 5.